The highest BCUT2D eigenvalue weighted by atomic mass is 127. The third-order valence-electron chi connectivity index (χ3n) is 2.80. The van der Waals surface area contributed by atoms with Gasteiger partial charge in [-0.2, -0.15) is 0 Å². The van der Waals surface area contributed by atoms with Crippen LogP contribution in [0, 0.1) is 10.5 Å². The van der Waals surface area contributed by atoms with Gasteiger partial charge in [-0.05, 0) is 35.1 Å². The zero-order valence-electron chi connectivity index (χ0n) is 9.72. The van der Waals surface area contributed by atoms with Crippen molar-refractivity contribution >= 4 is 39.7 Å². The lowest BCUT2D eigenvalue weighted by atomic mass is 10.3. The lowest BCUT2D eigenvalue weighted by molar-refractivity contribution is 0.858. The van der Waals surface area contributed by atoms with Crippen LogP contribution in [0.1, 0.15) is 5.56 Å². The molecule has 0 aliphatic rings. The number of fused-ring (bicyclic) bond motifs is 1. The van der Waals surface area contributed by atoms with Gasteiger partial charge in [-0.3, -0.25) is 0 Å². The SMILES string of the molecule is Cc1c(I)cn2nc(-c3nccn3C)nc(Cl)c12. The molecule has 0 amide bonds. The van der Waals surface area contributed by atoms with Crippen LogP contribution in [0.5, 0.6) is 0 Å². The molecule has 0 unspecified atom stereocenters. The van der Waals surface area contributed by atoms with Gasteiger partial charge in [0, 0.05) is 29.2 Å². The van der Waals surface area contributed by atoms with Crippen LogP contribution in [0.25, 0.3) is 17.2 Å². The van der Waals surface area contributed by atoms with Crippen molar-refractivity contribution in [3.63, 3.8) is 0 Å². The molecule has 3 heterocycles. The van der Waals surface area contributed by atoms with E-state index in [-0.39, 0.29) is 0 Å². The van der Waals surface area contributed by atoms with E-state index in [9.17, 15) is 0 Å². The molecule has 0 spiro atoms. The molecule has 92 valence electrons. The lowest BCUT2D eigenvalue weighted by Gasteiger charge is -2.03. The van der Waals surface area contributed by atoms with E-state index in [1.54, 1.807) is 10.7 Å². The van der Waals surface area contributed by atoms with Gasteiger partial charge in [-0.15, -0.1) is 5.10 Å². The van der Waals surface area contributed by atoms with Gasteiger partial charge in [0.2, 0.25) is 5.82 Å². The molecule has 0 fully saturated rings. The largest absolute Gasteiger partial charge is 0.331 e. The number of rotatable bonds is 1. The summed E-state index contributed by atoms with van der Waals surface area (Å²) in [5.41, 5.74) is 1.94. The second kappa shape index (κ2) is 4.20. The molecule has 0 aromatic carbocycles. The van der Waals surface area contributed by atoms with E-state index < -0.39 is 0 Å². The fourth-order valence-corrected chi connectivity index (χ4v) is 2.66. The maximum Gasteiger partial charge on any atom is 0.217 e. The monoisotopic (exact) mass is 373 g/mol. The molecule has 0 aliphatic carbocycles. The van der Waals surface area contributed by atoms with Crippen LogP contribution < -0.4 is 0 Å². The van der Waals surface area contributed by atoms with Crippen molar-refractivity contribution in [1.82, 2.24) is 24.1 Å². The molecule has 0 N–H and O–H groups in total. The van der Waals surface area contributed by atoms with Crippen molar-refractivity contribution in [2.45, 2.75) is 6.92 Å². The van der Waals surface area contributed by atoms with E-state index in [4.69, 9.17) is 11.6 Å². The van der Waals surface area contributed by atoms with Gasteiger partial charge in [0.25, 0.3) is 0 Å². The van der Waals surface area contributed by atoms with Crippen LogP contribution in [-0.4, -0.2) is 24.1 Å². The fraction of sp³-hybridized carbons (Fsp3) is 0.182. The van der Waals surface area contributed by atoms with Crippen LogP contribution in [0.4, 0.5) is 0 Å². The van der Waals surface area contributed by atoms with Gasteiger partial charge in [-0.1, -0.05) is 11.6 Å². The van der Waals surface area contributed by atoms with Crippen LogP contribution >= 0.6 is 34.2 Å². The minimum absolute atomic E-state index is 0.448. The molecular weight excluding hydrogens is 365 g/mol. The summed E-state index contributed by atoms with van der Waals surface area (Å²) in [4.78, 5) is 8.55. The van der Waals surface area contributed by atoms with E-state index in [1.165, 1.54) is 0 Å². The maximum absolute atomic E-state index is 6.24. The van der Waals surface area contributed by atoms with Gasteiger partial charge in [-0.25, -0.2) is 14.5 Å². The average Bonchev–Trinajstić information content (AvgIpc) is 2.84. The molecule has 0 atom stereocenters. The van der Waals surface area contributed by atoms with Crippen LogP contribution in [0.15, 0.2) is 18.6 Å². The smallest absolute Gasteiger partial charge is 0.217 e. The van der Waals surface area contributed by atoms with E-state index in [0.29, 0.717) is 16.8 Å². The van der Waals surface area contributed by atoms with Gasteiger partial charge in [0.1, 0.15) is 5.52 Å². The Kier molecular flexibility index (Phi) is 2.78. The third-order valence-corrected chi connectivity index (χ3v) is 4.15. The summed E-state index contributed by atoms with van der Waals surface area (Å²) >= 11 is 8.50. The molecule has 0 radical (unpaired) electrons. The summed E-state index contributed by atoms with van der Waals surface area (Å²) in [5, 5.41) is 4.90. The van der Waals surface area contributed by atoms with Crippen molar-refractivity contribution in [3.8, 4) is 11.6 Å². The summed E-state index contributed by atoms with van der Waals surface area (Å²) in [6.07, 6.45) is 5.49. The number of nitrogens with zero attached hydrogens (tertiary/aromatic N) is 5. The van der Waals surface area contributed by atoms with Crippen molar-refractivity contribution in [2.24, 2.45) is 7.05 Å². The molecule has 3 aromatic heterocycles. The zero-order chi connectivity index (χ0) is 12.9. The summed E-state index contributed by atoms with van der Waals surface area (Å²) in [7, 11) is 1.90. The standard InChI is InChI=1S/C11H9ClIN5/c1-6-7(13)5-18-8(6)9(12)15-10(16-18)11-14-3-4-17(11)2/h3-5H,1-2H3. The molecular formula is C11H9ClIN5. The Labute approximate surface area is 122 Å². The highest BCUT2D eigenvalue weighted by molar-refractivity contribution is 14.1. The minimum Gasteiger partial charge on any atom is -0.331 e. The minimum atomic E-state index is 0.448. The predicted octanol–water partition coefficient (Wildman–Crippen LogP) is 2.70. The summed E-state index contributed by atoms with van der Waals surface area (Å²) < 4.78 is 4.73. The van der Waals surface area contributed by atoms with Gasteiger partial charge < -0.3 is 4.57 Å². The molecule has 0 bridgehead atoms. The summed E-state index contributed by atoms with van der Waals surface area (Å²) in [6, 6.07) is 0. The van der Waals surface area contributed by atoms with Gasteiger partial charge in [0.05, 0.1) is 0 Å². The molecule has 3 aromatic rings. The van der Waals surface area contributed by atoms with Crippen molar-refractivity contribution in [2.75, 3.05) is 0 Å². The Balaban J connectivity index is 2.31. The predicted molar refractivity (Wildman–Crippen MR) is 77.7 cm³/mol. The van der Waals surface area contributed by atoms with Crippen LogP contribution in [-0.2, 0) is 7.05 Å². The highest BCUT2D eigenvalue weighted by Crippen LogP contribution is 2.25. The molecule has 0 saturated heterocycles. The first-order valence-corrected chi connectivity index (χ1v) is 6.72. The van der Waals surface area contributed by atoms with E-state index in [2.05, 4.69) is 37.7 Å². The van der Waals surface area contributed by atoms with Crippen molar-refractivity contribution < 1.29 is 0 Å². The van der Waals surface area contributed by atoms with Crippen LogP contribution in [0.2, 0.25) is 5.15 Å². The molecule has 0 saturated carbocycles. The molecule has 18 heavy (non-hydrogen) atoms. The number of aryl methyl sites for hydroxylation is 2. The highest BCUT2D eigenvalue weighted by Gasteiger charge is 2.15. The number of hydrogen-bond acceptors (Lipinski definition) is 3. The first-order chi connectivity index (χ1) is 8.58. The lowest BCUT2D eigenvalue weighted by Crippen LogP contribution is -2.02. The number of imidazole rings is 1. The van der Waals surface area contributed by atoms with Gasteiger partial charge >= 0.3 is 0 Å². The summed E-state index contributed by atoms with van der Waals surface area (Å²) in [5.74, 6) is 1.21. The van der Waals surface area contributed by atoms with Crippen molar-refractivity contribution in [3.05, 3.63) is 32.9 Å². The van der Waals surface area contributed by atoms with Gasteiger partial charge in [0.15, 0.2) is 11.0 Å². The Hall–Kier alpha value is -1.15. The van der Waals surface area contributed by atoms with Crippen molar-refractivity contribution in [1.29, 1.82) is 0 Å². The van der Waals surface area contributed by atoms with E-state index >= 15 is 0 Å². The third kappa shape index (κ3) is 1.71. The molecule has 3 rings (SSSR count). The van der Waals surface area contributed by atoms with Crippen LogP contribution in [0.3, 0.4) is 0 Å². The van der Waals surface area contributed by atoms with E-state index in [0.717, 1.165) is 14.7 Å². The zero-order valence-corrected chi connectivity index (χ0v) is 12.6. The average molecular weight is 374 g/mol. The Bertz CT molecular complexity index is 745. The topological polar surface area (TPSA) is 48.0 Å². The number of halogens is 2. The Morgan fingerprint density at radius 2 is 2.17 bits per heavy atom. The fourth-order valence-electron chi connectivity index (χ4n) is 1.83. The second-order valence-corrected chi connectivity index (χ2v) is 5.50. The first kappa shape index (κ1) is 11.9. The quantitative estimate of drug-likeness (QED) is 0.616. The Morgan fingerprint density at radius 3 is 2.83 bits per heavy atom. The number of hydrogen-bond donors (Lipinski definition) is 0. The summed E-state index contributed by atoms with van der Waals surface area (Å²) in [6.45, 7) is 2.01. The Morgan fingerprint density at radius 1 is 1.39 bits per heavy atom. The number of aromatic nitrogens is 5. The molecule has 5 nitrogen and oxygen atoms in total. The first-order valence-electron chi connectivity index (χ1n) is 5.26. The van der Waals surface area contributed by atoms with E-state index in [1.807, 2.05) is 30.9 Å². The molecule has 0 aliphatic heterocycles. The molecule has 7 heteroatoms. The maximum atomic E-state index is 6.24. The normalized spacial score (nSPS) is 11.3. The second-order valence-electron chi connectivity index (χ2n) is 3.98.